The molecule has 26 heavy (non-hydrogen) atoms. The van der Waals surface area contributed by atoms with Gasteiger partial charge >= 0.3 is 6.03 Å². The Morgan fingerprint density at radius 2 is 1.81 bits per heavy atom. The van der Waals surface area contributed by atoms with Crippen molar-refractivity contribution < 1.29 is 4.79 Å². The Kier molecular flexibility index (Phi) is 4.63. The summed E-state index contributed by atoms with van der Waals surface area (Å²) >= 11 is 5.88. The summed E-state index contributed by atoms with van der Waals surface area (Å²) in [7, 11) is 0. The first kappa shape index (κ1) is 16.7. The van der Waals surface area contributed by atoms with E-state index in [9.17, 15) is 4.79 Å². The fourth-order valence-corrected chi connectivity index (χ4v) is 2.94. The van der Waals surface area contributed by atoms with E-state index in [2.05, 4.69) is 15.7 Å². The zero-order chi connectivity index (χ0) is 17.9. The number of urea groups is 1. The lowest BCUT2D eigenvalue weighted by atomic mass is 10.2. The maximum Gasteiger partial charge on any atom is 0.324 e. The predicted octanol–water partition coefficient (Wildman–Crippen LogP) is 5.12. The van der Waals surface area contributed by atoms with Gasteiger partial charge in [0.15, 0.2) is 0 Å². The summed E-state index contributed by atoms with van der Waals surface area (Å²) < 4.78 is 1.78. The van der Waals surface area contributed by atoms with Gasteiger partial charge in [0.1, 0.15) is 5.82 Å². The van der Waals surface area contributed by atoms with Gasteiger partial charge in [-0.2, -0.15) is 5.10 Å². The Labute approximate surface area is 157 Å². The number of nitrogens with zero attached hydrogens (tertiary/aromatic N) is 2. The fraction of sp³-hybridized carbons (Fsp3) is 0.200. The summed E-state index contributed by atoms with van der Waals surface area (Å²) in [5.74, 6) is 1.38. The molecule has 0 bridgehead atoms. The molecule has 1 fully saturated rings. The average Bonchev–Trinajstić information content (AvgIpc) is 3.37. The van der Waals surface area contributed by atoms with E-state index in [0.717, 1.165) is 23.7 Å². The second-order valence-corrected chi connectivity index (χ2v) is 6.94. The first-order valence-electron chi connectivity index (χ1n) is 8.65. The maximum atomic E-state index is 12.4. The lowest BCUT2D eigenvalue weighted by Gasteiger charge is -2.10. The van der Waals surface area contributed by atoms with Crippen LogP contribution in [-0.2, 0) is 6.42 Å². The van der Waals surface area contributed by atoms with E-state index < -0.39 is 0 Å². The van der Waals surface area contributed by atoms with Crippen LogP contribution in [0, 0.1) is 5.92 Å². The molecule has 6 heteroatoms. The van der Waals surface area contributed by atoms with E-state index in [4.69, 9.17) is 11.6 Å². The highest BCUT2D eigenvalue weighted by molar-refractivity contribution is 6.30. The molecule has 2 N–H and O–H groups in total. The van der Waals surface area contributed by atoms with Gasteiger partial charge in [-0.15, -0.1) is 0 Å². The second-order valence-electron chi connectivity index (χ2n) is 6.50. The standard InChI is InChI=1S/C20H19ClN4O/c21-15-8-10-16(11-9-15)22-20(26)23-19-13-17(12-14-6-7-14)24-25(19)18-4-2-1-3-5-18/h1-5,8-11,13-14H,6-7,12H2,(H2,22,23,26). The Morgan fingerprint density at radius 1 is 1.08 bits per heavy atom. The van der Waals surface area contributed by atoms with Crippen LogP contribution in [0.2, 0.25) is 5.02 Å². The van der Waals surface area contributed by atoms with Gasteiger partial charge in [0.05, 0.1) is 11.4 Å². The van der Waals surface area contributed by atoms with Crippen LogP contribution in [-0.4, -0.2) is 15.8 Å². The number of aromatic nitrogens is 2. The normalized spacial score (nSPS) is 13.4. The minimum atomic E-state index is -0.317. The van der Waals surface area contributed by atoms with Gasteiger partial charge in [-0.3, -0.25) is 5.32 Å². The minimum Gasteiger partial charge on any atom is -0.308 e. The van der Waals surface area contributed by atoms with Crippen LogP contribution >= 0.6 is 11.6 Å². The van der Waals surface area contributed by atoms with Crippen molar-refractivity contribution in [2.75, 3.05) is 10.6 Å². The van der Waals surface area contributed by atoms with E-state index in [1.165, 1.54) is 12.8 Å². The van der Waals surface area contributed by atoms with Gasteiger partial charge in [0.2, 0.25) is 0 Å². The highest BCUT2D eigenvalue weighted by Crippen LogP contribution is 2.33. The number of hydrogen-bond acceptors (Lipinski definition) is 2. The third kappa shape index (κ3) is 4.06. The lowest BCUT2D eigenvalue weighted by molar-refractivity contribution is 0.262. The molecule has 3 aromatic rings. The van der Waals surface area contributed by atoms with Crippen molar-refractivity contribution in [1.29, 1.82) is 0 Å². The molecule has 0 radical (unpaired) electrons. The van der Waals surface area contributed by atoms with Crippen LogP contribution in [0.25, 0.3) is 5.69 Å². The molecule has 0 spiro atoms. The van der Waals surface area contributed by atoms with Crippen molar-refractivity contribution in [2.24, 2.45) is 5.92 Å². The molecular formula is C20H19ClN4O. The van der Waals surface area contributed by atoms with Crippen molar-refractivity contribution in [3.05, 3.63) is 71.4 Å². The molecule has 1 saturated carbocycles. The number of halogens is 1. The SMILES string of the molecule is O=C(Nc1ccc(Cl)cc1)Nc1cc(CC2CC2)nn1-c1ccccc1. The first-order valence-corrected chi connectivity index (χ1v) is 9.03. The molecule has 2 aromatic carbocycles. The molecule has 0 saturated heterocycles. The number of carbonyl (C=O) groups excluding carboxylic acids is 1. The van der Waals surface area contributed by atoms with E-state index in [0.29, 0.717) is 16.5 Å². The predicted molar refractivity (Wildman–Crippen MR) is 104 cm³/mol. The second kappa shape index (κ2) is 7.22. The molecule has 0 unspecified atom stereocenters. The summed E-state index contributed by atoms with van der Waals surface area (Å²) in [4.78, 5) is 12.4. The summed E-state index contributed by atoms with van der Waals surface area (Å²) in [6, 6.07) is 18.4. The largest absolute Gasteiger partial charge is 0.324 e. The van der Waals surface area contributed by atoms with Crippen LogP contribution < -0.4 is 10.6 Å². The van der Waals surface area contributed by atoms with Crippen molar-refractivity contribution in [2.45, 2.75) is 19.3 Å². The van der Waals surface area contributed by atoms with E-state index >= 15 is 0 Å². The van der Waals surface area contributed by atoms with Gasteiger partial charge in [-0.1, -0.05) is 29.8 Å². The molecule has 0 atom stereocenters. The number of benzene rings is 2. The third-order valence-electron chi connectivity index (χ3n) is 4.30. The summed E-state index contributed by atoms with van der Waals surface area (Å²) in [6.45, 7) is 0. The van der Waals surface area contributed by atoms with Gasteiger partial charge in [0, 0.05) is 16.8 Å². The molecule has 132 valence electrons. The number of para-hydroxylation sites is 1. The number of amides is 2. The molecule has 1 aromatic heterocycles. The van der Waals surface area contributed by atoms with Crippen LogP contribution in [0.3, 0.4) is 0 Å². The third-order valence-corrected chi connectivity index (χ3v) is 4.55. The molecule has 4 rings (SSSR count). The Bertz CT molecular complexity index is 901. The summed E-state index contributed by atoms with van der Waals surface area (Å²) in [6.07, 6.45) is 3.48. The molecule has 2 amide bonds. The van der Waals surface area contributed by atoms with Crippen molar-refractivity contribution in [1.82, 2.24) is 9.78 Å². The topological polar surface area (TPSA) is 59.0 Å². The number of anilines is 2. The number of nitrogens with one attached hydrogen (secondary N) is 2. The number of carbonyl (C=O) groups is 1. The van der Waals surface area contributed by atoms with Crippen LogP contribution in [0.4, 0.5) is 16.3 Å². The Balaban J connectivity index is 1.54. The van der Waals surface area contributed by atoms with Crippen LogP contribution in [0.1, 0.15) is 18.5 Å². The minimum absolute atomic E-state index is 0.317. The maximum absolute atomic E-state index is 12.4. The first-order chi connectivity index (χ1) is 12.7. The zero-order valence-corrected chi connectivity index (χ0v) is 14.9. The van der Waals surface area contributed by atoms with E-state index in [-0.39, 0.29) is 6.03 Å². The van der Waals surface area contributed by atoms with Gasteiger partial charge in [-0.05, 0) is 61.6 Å². The fourth-order valence-electron chi connectivity index (χ4n) is 2.81. The molecule has 0 aliphatic heterocycles. The molecule has 1 aliphatic carbocycles. The van der Waals surface area contributed by atoms with Crippen LogP contribution in [0.15, 0.2) is 60.7 Å². The number of hydrogen-bond donors (Lipinski definition) is 2. The summed E-state index contributed by atoms with van der Waals surface area (Å²) in [5.41, 5.74) is 2.59. The lowest BCUT2D eigenvalue weighted by Crippen LogP contribution is -2.21. The summed E-state index contributed by atoms with van der Waals surface area (Å²) in [5, 5.41) is 11.0. The monoisotopic (exact) mass is 366 g/mol. The van der Waals surface area contributed by atoms with Crippen molar-refractivity contribution in [3.63, 3.8) is 0 Å². The van der Waals surface area contributed by atoms with E-state index in [1.54, 1.807) is 28.9 Å². The molecule has 5 nitrogen and oxygen atoms in total. The smallest absolute Gasteiger partial charge is 0.308 e. The van der Waals surface area contributed by atoms with Crippen LogP contribution in [0.5, 0.6) is 0 Å². The average molecular weight is 367 g/mol. The van der Waals surface area contributed by atoms with Gasteiger partial charge in [-0.25, -0.2) is 9.48 Å². The molecule has 1 heterocycles. The van der Waals surface area contributed by atoms with Crippen molar-refractivity contribution in [3.8, 4) is 5.69 Å². The quantitative estimate of drug-likeness (QED) is 0.658. The molecular weight excluding hydrogens is 348 g/mol. The zero-order valence-electron chi connectivity index (χ0n) is 14.2. The Hall–Kier alpha value is -2.79. The number of rotatable bonds is 5. The van der Waals surface area contributed by atoms with Gasteiger partial charge < -0.3 is 5.32 Å². The highest BCUT2D eigenvalue weighted by atomic mass is 35.5. The Morgan fingerprint density at radius 3 is 2.50 bits per heavy atom. The van der Waals surface area contributed by atoms with Gasteiger partial charge in [0.25, 0.3) is 0 Å². The van der Waals surface area contributed by atoms with Crippen molar-refractivity contribution >= 4 is 29.1 Å². The highest BCUT2D eigenvalue weighted by Gasteiger charge is 2.24. The molecule has 1 aliphatic rings. The van der Waals surface area contributed by atoms with E-state index in [1.807, 2.05) is 36.4 Å².